The van der Waals surface area contributed by atoms with Crippen LogP contribution in [-0.2, 0) is 0 Å². The second kappa shape index (κ2) is 8.97. The third-order valence-corrected chi connectivity index (χ3v) is 5.05. The van der Waals surface area contributed by atoms with E-state index in [4.69, 9.17) is 14.2 Å². The zero-order valence-corrected chi connectivity index (χ0v) is 16.9. The van der Waals surface area contributed by atoms with Crippen LogP contribution in [-0.4, -0.2) is 33.4 Å². The number of halogens is 1. The van der Waals surface area contributed by atoms with E-state index in [1.54, 1.807) is 57.4 Å². The molecule has 0 saturated carbocycles. The highest BCUT2D eigenvalue weighted by Crippen LogP contribution is 2.34. The summed E-state index contributed by atoms with van der Waals surface area (Å²) in [5, 5.41) is 0. The highest BCUT2D eigenvalue weighted by molar-refractivity contribution is 9.10. The van der Waals surface area contributed by atoms with Gasteiger partial charge in [-0.25, -0.2) is 0 Å². The first-order chi connectivity index (χ1) is 12.0. The number of allylic oxidation sites excluding steroid dienone is 1. The molecule has 0 aliphatic rings. The molecule has 2 aromatic carbocycles. The molecular weight excluding hydrogens is 404 g/mol. The minimum Gasteiger partial charge on any atom is -0.496 e. The van der Waals surface area contributed by atoms with Crippen molar-refractivity contribution in [3.05, 3.63) is 52.0 Å². The van der Waals surface area contributed by atoms with Gasteiger partial charge in [0.15, 0.2) is 17.3 Å². The van der Waals surface area contributed by atoms with Gasteiger partial charge in [0.1, 0.15) is 5.75 Å². The third-order valence-electron chi connectivity index (χ3n) is 3.59. The minimum atomic E-state index is -0.104. The van der Waals surface area contributed by atoms with Gasteiger partial charge in [0.25, 0.3) is 0 Å². The number of methoxy groups -OCH3 is 3. The van der Waals surface area contributed by atoms with Crippen molar-refractivity contribution in [2.75, 3.05) is 27.6 Å². The monoisotopic (exact) mass is 422 g/mol. The van der Waals surface area contributed by atoms with Crippen molar-refractivity contribution >= 4 is 39.6 Å². The lowest BCUT2D eigenvalue weighted by Gasteiger charge is -2.10. The van der Waals surface area contributed by atoms with E-state index in [0.29, 0.717) is 22.8 Å². The molecule has 0 heterocycles. The molecule has 0 fully saturated rings. The van der Waals surface area contributed by atoms with Crippen LogP contribution in [0.2, 0.25) is 0 Å². The van der Waals surface area contributed by atoms with Crippen molar-refractivity contribution in [1.82, 2.24) is 0 Å². The Bertz CT molecular complexity index is 802. The summed E-state index contributed by atoms with van der Waals surface area (Å²) in [5.41, 5.74) is 1.39. The zero-order chi connectivity index (χ0) is 18.4. The quantitative estimate of drug-likeness (QED) is 0.353. The molecule has 0 unspecified atom stereocenters. The average Bonchev–Trinajstić information content (AvgIpc) is 2.65. The van der Waals surface area contributed by atoms with E-state index < -0.39 is 0 Å². The molecule has 0 spiro atoms. The van der Waals surface area contributed by atoms with Gasteiger partial charge >= 0.3 is 0 Å². The fourth-order valence-corrected chi connectivity index (χ4v) is 3.25. The van der Waals surface area contributed by atoms with Gasteiger partial charge in [0.05, 0.1) is 21.3 Å². The first-order valence-electron chi connectivity index (χ1n) is 7.40. The highest BCUT2D eigenvalue weighted by atomic mass is 79.9. The maximum Gasteiger partial charge on any atom is 0.185 e. The Morgan fingerprint density at radius 3 is 2.24 bits per heavy atom. The van der Waals surface area contributed by atoms with Gasteiger partial charge in [-0.1, -0.05) is 15.9 Å². The predicted octanol–water partition coefficient (Wildman–Crippen LogP) is 5.09. The Kier molecular flexibility index (Phi) is 6.96. The van der Waals surface area contributed by atoms with Crippen molar-refractivity contribution in [1.29, 1.82) is 0 Å². The molecule has 0 N–H and O–H groups in total. The zero-order valence-electron chi connectivity index (χ0n) is 14.5. The normalized spacial score (nSPS) is 10.8. The molecule has 0 bridgehead atoms. The number of benzene rings is 2. The van der Waals surface area contributed by atoms with Gasteiger partial charge in [0, 0.05) is 14.9 Å². The fourth-order valence-electron chi connectivity index (χ4n) is 2.25. The standard InChI is InChI=1S/C19H19BrO4S/c1-22-16-9-12(14(20)11-17(16)23-2)5-7-15(21)13-6-8-19(25-4)18(10-13)24-3/h5-11H,1-4H3. The summed E-state index contributed by atoms with van der Waals surface area (Å²) in [6, 6.07) is 9.05. The molecule has 0 amide bonds. The van der Waals surface area contributed by atoms with Crippen molar-refractivity contribution in [2.24, 2.45) is 0 Å². The summed E-state index contributed by atoms with van der Waals surface area (Å²) >= 11 is 5.05. The second-order valence-corrected chi connectivity index (χ2v) is 6.70. The Morgan fingerprint density at radius 1 is 1.00 bits per heavy atom. The van der Waals surface area contributed by atoms with Crippen molar-refractivity contribution in [3.63, 3.8) is 0 Å². The highest BCUT2D eigenvalue weighted by Gasteiger charge is 2.10. The lowest BCUT2D eigenvalue weighted by atomic mass is 10.1. The van der Waals surface area contributed by atoms with E-state index in [1.807, 2.05) is 18.4 Å². The molecule has 4 nitrogen and oxygen atoms in total. The largest absolute Gasteiger partial charge is 0.496 e. The van der Waals surface area contributed by atoms with E-state index >= 15 is 0 Å². The van der Waals surface area contributed by atoms with Crippen LogP contribution in [0.4, 0.5) is 0 Å². The maximum atomic E-state index is 12.5. The van der Waals surface area contributed by atoms with E-state index in [9.17, 15) is 4.79 Å². The lowest BCUT2D eigenvalue weighted by Crippen LogP contribution is -1.97. The first-order valence-corrected chi connectivity index (χ1v) is 9.41. The van der Waals surface area contributed by atoms with Gasteiger partial charge in [-0.2, -0.15) is 0 Å². The number of rotatable bonds is 7. The Morgan fingerprint density at radius 2 is 1.64 bits per heavy atom. The van der Waals surface area contributed by atoms with E-state index in [2.05, 4.69) is 15.9 Å². The van der Waals surface area contributed by atoms with Crippen LogP contribution in [0.25, 0.3) is 6.08 Å². The first kappa shape index (κ1) is 19.4. The van der Waals surface area contributed by atoms with Gasteiger partial charge in [0.2, 0.25) is 0 Å². The van der Waals surface area contributed by atoms with Crippen LogP contribution < -0.4 is 14.2 Å². The molecule has 0 radical (unpaired) electrons. The Labute approximate surface area is 160 Å². The number of carbonyl (C=O) groups is 1. The number of ether oxygens (including phenoxy) is 3. The minimum absolute atomic E-state index is 0.104. The number of ketones is 1. The lowest BCUT2D eigenvalue weighted by molar-refractivity contribution is 0.104. The molecular formula is C19H19BrO4S. The molecule has 0 saturated heterocycles. The fraction of sp³-hybridized carbons (Fsp3) is 0.211. The summed E-state index contributed by atoms with van der Waals surface area (Å²) in [4.78, 5) is 13.4. The summed E-state index contributed by atoms with van der Waals surface area (Å²) < 4.78 is 16.7. The molecule has 0 aliphatic heterocycles. The Balaban J connectivity index is 2.29. The molecule has 2 rings (SSSR count). The van der Waals surface area contributed by atoms with E-state index in [1.165, 1.54) is 6.08 Å². The molecule has 6 heteroatoms. The van der Waals surface area contributed by atoms with E-state index in [0.717, 1.165) is 14.9 Å². The SMILES string of the molecule is COc1cc(Br)c(C=CC(=O)c2ccc(SC)c(OC)c2)cc1OC. The van der Waals surface area contributed by atoms with Gasteiger partial charge in [-0.15, -0.1) is 11.8 Å². The summed E-state index contributed by atoms with van der Waals surface area (Å²) in [7, 11) is 4.75. The summed E-state index contributed by atoms with van der Waals surface area (Å²) in [5.74, 6) is 1.81. The van der Waals surface area contributed by atoms with Crippen LogP contribution >= 0.6 is 27.7 Å². The topological polar surface area (TPSA) is 44.8 Å². The maximum absolute atomic E-state index is 12.5. The van der Waals surface area contributed by atoms with Crippen LogP contribution in [0.5, 0.6) is 17.2 Å². The second-order valence-electron chi connectivity index (χ2n) is 5.00. The predicted molar refractivity (Wildman–Crippen MR) is 105 cm³/mol. The number of hydrogen-bond acceptors (Lipinski definition) is 5. The van der Waals surface area contributed by atoms with Crippen LogP contribution in [0.15, 0.2) is 45.8 Å². The third kappa shape index (κ3) is 4.58. The molecule has 132 valence electrons. The molecule has 0 aromatic heterocycles. The summed E-state index contributed by atoms with van der Waals surface area (Å²) in [6.07, 6.45) is 5.23. The van der Waals surface area contributed by atoms with Crippen molar-refractivity contribution in [2.45, 2.75) is 4.90 Å². The van der Waals surface area contributed by atoms with Crippen LogP contribution in [0.3, 0.4) is 0 Å². The smallest absolute Gasteiger partial charge is 0.185 e. The van der Waals surface area contributed by atoms with Crippen molar-refractivity contribution < 1.29 is 19.0 Å². The molecule has 2 aromatic rings. The Hall–Kier alpha value is -1.92. The van der Waals surface area contributed by atoms with Gasteiger partial charge in [-0.05, 0) is 54.3 Å². The van der Waals surface area contributed by atoms with Crippen LogP contribution in [0, 0.1) is 0 Å². The van der Waals surface area contributed by atoms with E-state index in [-0.39, 0.29) is 5.78 Å². The van der Waals surface area contributed by atoms with Gasteiger partial charge in [-0.3, -0.25) is 4.79 Å². The number of thioether (sulfide) groups is 1. The van der Waals surface area contributed by atoms with Crippen LogP contribution in [0.1, 0.15) is 15.9 Å². The molecule has 25 heavy (non-hydrogen) atoms. The summed E-state index contributed by atoms with van der Waals surface area (Å²) in [6.45, 7) is 0. The average molecular weight is 423 g/mol. The molecule has 0 aliphatic carbocycles. The van der Waals surface area contributed by atoms with Crippen molar-refractivity contribution in [3.8, 4) is 17.2 Å². The number of carbonyl (C=O) groups excluding carboxylic acids is 1. The van der Waals surface area contributed by atoms with Gasteiger partial charge < -0.3 is 14.2 Å². The molecule has 0 atom stereocenters. The number of hydrogen-bond donors (Lipinski definition) is 0.